The molecule has 2 nitrogen and oxygen atoms in total. The van der Waals surface area contributed by atoms with Gasteiger partial charge in [-0.05, 0) is 31.2 Å². The highest BCUT2D eigenvalue weighted by Crippen LogP contribution is 2.39. The van der Waals surface area contributed by atoms with Crippen molar-refractivity contribution in [3.05, 3.63) is 56.3 Å². The maximum absolute atomic E-state index is 12.9. The summed E-state index contributed by atoms with van der Waals surface area (Å²) >= 11 is 1.57. The van der Waals surface area contributed by atoms with Crippen LogP contribution in [-0.4, -0.2) is 11.6 Å². The first-order valence-corrected chi connectivity index (χ1v) is 8.92. The molecule has 2 aromatic rings. The van der Waals surface area contributed by atoms with Crippen molar-refractivity contribution >= 4 is 22.9 Å². The number of carbonyl (C=O) groups excluding carboxylic acids is 2. The van der Waals surface area contributed by atoms with E-state index in [1.165, 1.54) is 36.1 Å². The molecule has 2 aliphatic rings. The van der Waals surface area contributed by atoms with Crippen LogP contribution in [0.25, 0.3) is 0 Å². The highest BCUT2D eigenvalue weighted by atomic mass is 32.1. The standard InChI is InChI=1S/C19H18O2S/c20-17-12-8-6-7-9-13(12)18(21)19-16(17)14-10-4-2-1-3-5-11-15(14)22-19/h6-9H,1-5,10-11H2. The van der Waals surface area contributed by atoms with E-state index in [1.807, 2.05) is 12.1 Å². The minimum Gasteiger partial charge on any atom is -0.289 e. The fraction of sp³-hybridized carbons (Fsp3) is 0.368. The first-order chi connectivity index (χ1) is 10.8. The molecule has 0 aliphatic heterocycles. The van der Waals surface area contributed by atoms with Crippen LogP contribution in [0.4, 0.5) is 0 Å². The van der Waals surface area contributed by atoms with Crippen LogP contribution in [0.3, 0.4) is 0 Å². The molecular weight excluding hydrogens is 292 g/mol. The molecule has 3 heteroatoms. The van der Waals surface area contributed by atoms with Crippen LogP contribution in [0.2, 0.25) is 0 Å². The number of ketones is 2. The van der Waals surface area contributed by atoms with E-state index >= 15 is 0 Å². The zero-order valence-corrected chi connectivity index (χ0v) is 13.3. The summed E-state index contributed by atoms with van der Waals surface area (Å²) in [5.41, 5.74) is 3.06. The second kappa shape index (κ2) is 5.47. The van der Waals surface area contributed by atoms with E-state index < -0.39 is 0 Å². The Labute approximate surface area is 134 Å². The van der Waals surface area contributed by atoms with Gasteiger partial charge in [0.25, 0.3) is 0 Å². The van der Waals surface area contributed by atoms with Crippen LogP contribution in [0.5, 0.6) is 0 Å². The zero-order chi connectivity index (χ0) is 15.1. The number of thiophene rings is 1. The Bertz CT molecular complexity index is 770. The van der Waals surface area contributed by atoms with E-state index in [0.717, 1.165) is 24.8 Å². The third-order valence-corrected chi connectivity index (χ3v) is 6.06. The largest absolute Gasteiger partial charge is 0.289 e. The van der Waals surface area contributed by atoms with E-state index in [0.29, 0.717) is 16.0 Å². The van der Waals surface area contributed by atoms with Gasteiger partial charge in [-0.1, -0.05) is 43.5 Å². The van der Waals surface area contributed by atoms with Gasteiger partial charge < -0.3 is 0 Å². The molecule has 22 heavy (non-hydrogen) atoms. The van der Waals surface area contributed by atoms with Crippen molar-refractivity contribution in [1.82, 2.24) is 0 Å². The van der Waals surface area contributed by atoms with Gasteiger partial charge in [-0.3, -0.25) is 9.59 Å². The number of hydrogen-bond donors (Lipinski definition) is 0. The first-order valence-electron chi connectivity index (χ1n) is 8.10. The lowest BCUT2D eigenvalue weighted by molar-refractivity contribution is 0.0981. The van der Waals surface area contributed by atoms with Crippen molar-refractivity contribution in [3.63, 3.8) is 0 Å². The van der Waals surface area contributed by atoms with Gasteiger partial charge in [0, 0.05) is 21.6 Å². The van der Waals surface area contributed by atoms with E-state index in [2.05, 4.69) is 0 Å². The van der Waals surface area contributed by atoms with Gasteiger partial charge in [-0.2, -0.15) is 0 Å². The van der Waals surface area contributed by atoms with Crippen molar-refractivity contribution in [2.75, 3.05) is 0 Å². The van der Waals surface area contributed by atoms with Gasteiger partial charge in [0.1, 0.15) is 0 Å². The molecule has 1 aromatic carbocycles. The number of rotatable bonds is 0. The Morgan fingerprint density at radius 3 is 2.18 bits per heavy atom. The monoisotopic (exact) mass is 310 g/mol. The summed E-state index contributed by atoms with van der Waals surface area (Å²) in [5, 5.41) is 0. The molecule has 1 heterocycles. The Morgan fingerprint density at radius 1 is 0.773 bits per heavy atom. The van der Waals surface area contributed by atoms with Crippen molar-refractivity contribution in [2.45, 2.75) is 44.9 Å². The molecule has 1 aromatic heterocycles. The van der Waals surface area contributed by atoms with Crippen molar-refractivity contribution in [3.8, 4) is 0 Å². The minimum absolute atomic E-state index is 0.0414. The molecule has 0 N–H and O–H groups in total. The van der Waals surface area contributed by atoms with Crippen molar-refractivity contribution < 1.29 is 9.59 Å². The number of benzene rings is 1. The predicted octanol–water partition coefficient (Wildman–Crippen LogP) is 4.57. The van der Waals surface area contributed by atoms with E-state index in [9.17, 15) is 9.59 Å². The van der Waals surface area contributed by atoms with Gasteiger partial charge >= 0.3 is 0 Å². The van der Waals surface area contributed by atoms with E-state index in [-0.39, 0.29) is 11.6 Å². The van der Waals surface area contributed by atoms with Crippen molar-refractivity contribution in [1.29, 1.82) is 0 Å². The van der Waals surface area contributed by atoms with Gasteiger partial charge in [0.15, 0.2) is 5.78 Å². The fourth-order valence-electron chi connectivity index (χ4n) is 3.63. The minimum atomic E-state index is 0.0414. The molecule has 4 rings (SSSR count). The van der Waals surface area contributed by atoms with Crippen LogP contribution >= 0.6 is 11.3 Å². The third kappa shape index (κ3) is 2.07. The zero-order valence-electron chi connectivity index (χ0n) is 12.5. The van der Waals surface area contributed by atoms with Crippen LogP contribution in [0, 0.1) is 0 Å². The Kier molecular flexibility index (Phi) is 3.45. The van der Waals surface area contributed by atoms with Crippen LogP contribution < -0.4 is 0 Å². The molecule has 0 saturated carbocycles. The highest BCUT2D eigenvalue weighted by Gasteiger charge is 2.34. The molecular formula is C19H18O2S. The third-order valence-electron chi connectivity index (χ3n) is 4.77. The Balaban J connectivity index is 1.88. The summed E-state index contributed by atoms with van der Waals surface area (Å²) < 4.78 is 0. The van der Waals surface area contributed by atoms with E-state index in [1.54, 1.807) is 23.5 Å². The first kappa shape index (κ1) is 13.9. The number of carbonyl (C=O) groups is 2. The van der Waals surface area contributed by atoms with Crippen LogP contribution in [0.1, 0.15) is 73.7 Å². The van der Waals surface area contributed by atoms with Gasteiger partial charge in [0.05, 0.1) is 4.88 Å². The summed E-state index contributed by atoms with van der Waals surface area (Å²) in [4.78, 5) is 27.7. The van der Waals surface area contributed by atoms with Crippen molar-refractivity contribution in [2.24, 2.45) is 0 Å². The predicted molar refractivity (Wildman–Crippen MR) is 88.1 cm³/mol. The summed E-state index contributed by atoms with van der Waals surface area (Å²) in [6, 6.07) is 7.25. The Hall–Kier alpha value is -1.74. The lowest BCUT2D eigenvalue weighted by atomic mass is 9.85. The number of aryl methyl sites for hydroxylation is 1. The van der Waals surface area contributed by atoms with E-state index in [4.69, 9.17) is 0 Å². The average Bonchev–Trinajstić information content (AvgIpc) is 2.94. The van der Waals surface area contributed by atoms with Gasteiger partial charge in [-0.25, -0.2) is 0 Å². The lowest BCUT2D eigenvalue weighted by Crippen LogP contribution is -2.19. The molecule has 0 unspecified atom stereocenters. The molecule has 2 aliphatic carbocycles. The maximum atomic E-state index is 12.9. The van der Waals surface area contributed by atoms with Crippen LogP contribution in [-0.2, 0) is 12.8 Å². The molecule has 0 amide bonds. The van der Waals surface area contributed by atoms with Gasteiger partial charge in [-0.15, -0.1) is 11.3 Å². The summed E-state index contributed by atoms with van der Waals surface area (Å²) in [6.07, 6.45) is 8.02. The SMILES string of the molecule is O=C1c2ccccc2C(=O)c2c1sc1c2CCCCCCC1. The summed E-state index contributed by atoms with van der Waals surface area (Å²) in [7, 11) is 0. The lowest BCUT2D eigenvalue weighted by Gasteiger charge is -2.15. The topological polar surface area (TPSA) is 34.1 Å². The molecule has 0 fully saturated rings. The molecule has 0 atom stereocenters. The molecule has 0 spiro atoms. The normalized spacial score (nSPS) is 17.8. The average molecular weight is 310 g/mol. The maximum Gasteiger partial charge on any atom is 0.204 e. The summed E-state index contributed by atoms with van der Waals surface area (Å²) in [5.74, 6) is 0.0988. The highest BCUT2D eigenvalue weighted by molar-refractivity contribution is 7.15. The molecule has 112 valence electrons. The fourth-order valence-corrected chi connectivity index (χ4v) is 4.97. The number of fused-ring (bicyclic) bond motifs is 4. The van der Waals surface area contributed by atoms with Crippen LogP contribution in [0.15, 0.2) is 24.3 Å². The van der Waals surface area contributed by atoms with Gasteiger partial charge in [0.2, 0.25) is 5.78 Å². The molecule has 0 radical (unpaired) electrons. The second-order valence-electron chi connectivity index (χ2n) is 6.18. The molecule has 0 bridgehead atoms. The Morgan fingerprint density at radius 2 is 1.41 bits per heavy atom. The summed E-state index contributed by atoms with van der Waals surface area (Å²) in [6.45, 7) is 0. The quantitative estimate of drug-likeness (QED) is 0.609. The smallest absolute Gasteiger partial charge is 0.204 e. The number of hydrogen-bond acceptors (Lipinski definition) is 3. The second-order valence-corrected chi connectivity index (χ2v) is 7.28. The molecule has 0 saturated heterocycles.